The Morgan fingerprint density at radius 3 is 1.51 bits per heavy atom. The fraction of sp³-hybridized carbons (Fsp3) is 0.167. The second-order valence-electron chi connectivity index (χ2n) is 9.17. The quantitative estimate of drug-likeness (QED) is 0.246. The van der Waals surface area contributed by atoms with Crippen molar-refractivity contribution in [2.24, 2.45) is 0 Å². The molecule has 0 aromatic heterocycles. The molecular formula is C30H28O3S2. The molecule has 178 valence electrons. The van der Waals surface area contributed by atoms with E-state index in [4.69, 9.17) is 0 Å². The standard InChI is InChI=1S/C30H28O3S2/c1-21-5-9-23(10-6-21)24-11-15-26(16-12-24)34-27-17-13-25(14-18-27)29(31)30(3,4)35(32,33)28-19-7-22(2)8-20-28/h5-20H,1-4H3. The highest BCUT2D eigenvalue weighted by atomic mass is 32.2. The van der Waals surface area contributed by atoms with E-state index in [-0.39, 0.29) is 4.90 Å². The van der Waals surface area contributed by atoms with Gasteiger partial charge in [0, 0.05) is 15.4 Å². The Morgan fingerprint density at radius 1 is 0.629 bits per heavy atom. The molecule has 0 N–H and O–H groups in total. The van der Waals surface area contributed by atoms with Crippen molar-refractivity contribution in [2.75, 3.05) is 0 Å². The maximum atomic E-state index is 13.2. The molecule has 0 radical (unpaired) electrons. The number of carbonyl (C=O) groups is 1. The van der Waals surface area contributed by atoms with Gasteiger partial charge in [-0.2, -0.15) is 0 Å². The summed E-state index contributed by atoms with van der Waals surface area (Å²) < 4.78 is 24.8. The first-order valence-corrected chi connectivity index (χ1v) is 13.7. The number of benzene rings is 4. The Kier molecular flexibility index (Phi) is 7.02. The summed E-state index contributed by atoms with van der Waals surface area (Å²) in [7, 11) is -3.85. The highest BCUT2D eigenvalue weighted by molar-refractivity contribution is 7.99. The third kappa shape index (κ3) is 5.26. The number of aryl methyl sites for hydroxylation is 2. The molecule has 0 spiro atoms. The fourth-order valence-corrected chi connectivity index (χ4v) is 6.02. The summed E-state index contributed by atoms with van der Waals surface area (Å²) in [6, 6.07) is 30.5. The molecule has 0 amide bonds. The Hall–Kier alpha value is -3.15. The zero-order valence-corrected chi connectivity index (χ0v) is 21.9. The molecule has 0 aliphatic rings. The van der Waals surface area contributed by atoms with Crippen molar-refractivity contribution in [3.63, 3.8) is 0 Å². The number of hydrogen-bond acceptors (Lipinski definition) is 4. The fourth-order valence-electron chi connectivity index (χ4n) is 3.75. The molecule has 0 unspecified atom stereocenters. The summed E-state index contributed by atoms with van der Waals surface area (Å²) in [5.74, 6) is -0.419. The van der Waals surface area contributed by atoms with Gasteiger partial charge in [-0.25, -0.2) is 8.42 Å². The number of ketones is 1. The molecular weight excluding hydrogens is 472 g/mol. The van der Waals surface area contributed by atoms with Crippen LogP contribution < -0.4 is 0 Å². The van der Waals surface area contributed by atoms with Crippen LogP contribution in [0.15, 0.2) is 112 Å². The Morgan fingerprint density at radius 2 is 1.03 bits per heavy atom. The molecule has 0 aliphatic carbocycles. The molecule has 0 atom stereocenters. The highest BCUT2D eigenvalue weighted by Gasteiger charge is 2.42. The van der Waals surface area contributed by atoms with Crippen LogP contribution in [-0.4, -0.2) is 18.9 Å². The lowest BCUT2D eigenvalue weighted by Crippen LogP contribution is -2.40. The van der Waals surface area contributed by atoms with Gasteiger partial charge >= 0.3 is 0 Å². The van der Waals surface area contributed by atoms with Crippen LogP contribution in [0.3, 0.4) is 0 Å². The zero-order chi connectivity index (χ0) is 25.2. The summed E-state index contributed by atoms with van der Waals surface area (Å²) >= 11 is 1.60. The second-order valence-corrected chi connectivity index (χ2v) is 12.8. The number of rotatable bonds is 7. The van der Waals surface area contributed by atoms with E-state index in [0.717, 1.165) is 20.9 Å². The highest BCUT2D eigenvalue weighted by Crippen LogP contribution is 2.32. The largest absolute Gasteiger partial charge is 0.292 e. The smallest absolute Gasteiger partial charge is 0.190 e. The van der Waals surface area contributed by atoms with Crippen molar-refractivity contribution >= 4 is 27.4 Å². The van der Waals surface area contributed by atoms with Crippen LogP contribution in [0.25, 0.3) is 11.1 Å². The van der Waals surface area contributed by atoms with Gasteiger partial charge in [0.2, 0.25) is 0 Å². The lowest BCUT2D eigenvalue weighted by atomic mass is 10.0. The topological polar surface area (TPSA) is 51.2 Å². The molecule has 4 aromatic carbocycles. The molecule has 0 aliphatic heterocycles. The molecule has 4 aromatic rings. The Labute approximate surface area is 212 Å². The number of carbonyl (C=O) groups excluding carboxylic acids is 1. The van der Waals surface area contributed by atoms with Gasteiger partial charge in [0.15, 0.2) is 15.6 Å². The monoisotopic (exact) mass is 500 g/mol. The van der Waals surface area contributed by atoms with E-state index >= 15 is 0 Å². The first-order valence-electron chi connectivity index (χ1n) is 11.4. The summed E-state index contributed by atoms with van der Waals surface area (Å²) in [6.45, 7) is 6.92. The van der Waals surface area contributed by atoms with Crippen LogP contribution in [0.4, 0.5) is 0 Å². The third-order valence-electron chi connectivity index (χ3n) is 6.14. The minimum absolute atomic E-state index is 0.155. The van der Waals surface area contributed by atoms with Gasteiger partial charge in [-0.15, -0.1) is 0 Å². The number of Topliss-reactive ketones (excluding diaryl/α,β-unsaturated/α-hetero) is 1. The van der Waals surface area contributed by atoms with Gasteiger partial charge < -0.3 is 0 Å². The lowest BCUT2D eigenvalue weighted by Gasteiger charge is -2.23. The van der Waals surface area contributed by atoms with E-state index in [1.807, 2.05) is 19.1 Å². The van der Waals surface area contributed by atoms with Crippen LogP contribution in [0, 0.1) is 13.8 Å². The zero-order valence-electron chi connectivity index (χ0n) is 20.3. The van der Waals surface area contributed by atoms with Gasteiger partial charge in [0.1, 0.15) is 4.75 Å². The number of hydrogen-bond donors (Lipinski definition) is 0. The van der Waals surface area contributed by atoms with E-state index in [1.165, 1.54) is 25.0 Å². The maximum Gasteiger partial charge on any atom is 0.190 e. The van der Waals surface area contributed by atoms with E-state index in [1.54, 1.807) is 48.2 Å². The number of sulfone groups is 1. The van der Waals surface area contributed by atoms with Gasteiger partial charge in [-0.05, 0) is 75.2 Å². The predicted octanol–water partition coefficient (Wildman–Crippen LogP) is 7.56. The van der Waals surface area contributed by atoms with E-state index in [9.17, 15) is 13.2 Å². The van der Waals surface area contributed by atoms with Crippen molar-refractivity contribution in [1.29, 1.82) is 0 Å². The van der Waals surface area contributed by atoms with Crippen molar-refractivity contribution in [3.8, 4) is 11.1 Å². The average molecular weight is 501 g/mol. The van der Waals surface area contributed by atoms with Gasteiger partial charge in [0.05, 0.1) is 4.90 Å². The summed E-state index contributed by atoms with van der Waals surface area (Å²) in [6.07, 6.45) is 0. The van der Waals surface area contributed by atoms with E-state index < -0.39 is 20.4 Å². The minimum atomic E-state index is -3.85. The normalized spacial score (nSPS) is 11.9. The predicted molar refractivity (Wildman–Crippen MR) is 144 cm³/mol. The average Bonchev–Trinajstić information content (AvgIpc) is 2.85. The van der Waals surface area contributed by atoms with Gasteiger partial charge in [-0.1, -0.05) is 83.6 Å². The second kappa shape index (κ2) is 9.84. The molecule has 0 heterocycles. The van der Waals surface area contributed by atoms with Gasteiger partial charge in [0.25, 0.3) is 0 Å². The van der Waals surface area contributed by atoms with Crippen LogP contribution >= 0.6 is 11.8 Å². The lowest BCUT2D eigenvalue weighted by molar-refractivity contribution is 0.0953. The first-order chi connectivity index (χ1) is 16.6. The molecule has 3 nitrogen and oxygen atoms in total. The van der Waals surface area contributed by atoms with Crippen LogP contribution in [-0.2, 0) is 9.84 Å². The molecule has 0 fully saturated rings. The van der Waals surface area contributed by atoms with E-state index in [2.05, 4.69) is 55.5 Å². The summed E-state index contributed by atoms with van der Waals surface area (Å²) in [5.41, 5.74) is 4.92. The summed E-state index contributed by atoms with van der Waals surface area (Å²) in [5, 5.41) is 0. The van der Waals surface area contributed by atoms with E-state index in [0.29, 0.717) is 5.56 Å². The van der Waals surface area contributed by atoms with Crippen molar-refractivity contribution < 1.29 is 13.2 Å². The third-order valence-corrected chi connectivity index (χ3v) is 9.58. The van der Waals surface area contributed by atoms with Crippen molar-refractivity contribution in [1.82, 2.24) is 0 Å². The molecule has 4 rings (SSSR count). The summed E-state index contributed by atoms with van der Waals surface area (Å²) in [4.78, 5) is 15.4. The van der Waals surface area contributed by atoms with Crippen molar-refractivity contribution in [3.05, 3.63) is 114 Å². The molecule has 0 saturated carbocycles. The van der Waals surface area contributed by atoms with Crippen LogP contribution in [0.1, 0.15) is 35.3 Å². The molecule has 5 heteroatoms. The first kappa shape index (κ1) is 25.0. The maximum absolute atomic E-state index is 13.2. The van der Waals surface area contributed by atoms with Crippen LogP contribution in [0.2, 0.25) is 0 Å². The van der Waals surface area contributed by atoms with Crippen molar-refractivity contribution in [2.45, 2.75) is 47.1 Å². The SMILES string of the molecule is Cc1ccc(-c2ccc(Sc3ccc(C(=O)C(C)(C)S(=O)(=O)c4ccc(C)cc4)cc3)cc2)cc1. The molecule has 0 bridgehead atoms. The van der Waals surface area contributed by atoms with Crippen LogP contribution in [0.5, 0.6) is 0 Å². The minimum Gasteiger partial charge on any atom is -0.292 e. The Bertz CT molecular complexity index is 1430. The molecule has 0 saturated heterocycles. The van der Waals surface area contributed by atoms with Gasteiger partial charge in [-0.3, -0.25) is 4.79 Å². The Balaban J connectivity index is 1.48. The molecule has 35 heavy (non-hydrogen) atoms.